The number of carbonyl (C=O) groups excluding carboxylic acids is 3. The highest BCUT2D eigenvalue weighted by Crippen LogP contribution is 2.30. The third-order valence-electron chi connectivity index (χ3n) is 8.69. The number of methoxy groups -OCH3 is 1. The summed E-state index contributed by atoms with van der Waals surface area (Å²) in [4.78, 5) is 49.0. The van der Waals surface area contributed by atoms with Gasteiger partial charge in [0.05, 0.1) is 13.2 Å². The van der Waals surface area contributed by atoms with Crippen LogP contribution in [0.4, 0.5) is 0 Å². The molecule has 10 heteroatoms. The van der Waals surface area contributed by atoms with E-state index in [0.29, 0.717) is 36.4 Å². The number of carbonyl (C=O) groups is 3. The van der Waals surface area contributed by atoms with E-state index in [9.17, 15) is 14.4 Å². The summed E-state index contributed by atoms with van der Waals surface area (Å²) in [5.41, 5.74) is 3.52. The molecule has 2 aliphatic heterocycles. The lowest BCUT2D eigenvalue weighted by molar-refractivity contribution is -0.144. The number of amides is 3. The molecule has 1 saturated heterocycles. The maximum absolute atomic E-state index is 14.4. The van der Waals surface area contributed by atoms with Crippen LogP contribution < -0.4 is 20.1 Å². The molecule has 2 aliphatic rings. The quantitative estimate of drug-likeness (QED) is 0.291. The van der Waals surface area contributed by atoms with Gasteiger partial charge >= 0.3 is 0 Å². The summed E-state index contributed by atoms with van der Waals surface area (Å²) in [5, 5.41) is 6.86. The van der Waals surface area contributed by atoms with Crippen LogP contribution in [0.15, 0.2) is 85.1 Å². The van der Waals surface area contributed by atoms with Gasteiger partial charge in [-0.1, -0.05) is 48.5 Å². The third kappa shape index (κ3) is 6.62. The molecule has 3 amide bonds. The summed E-state index contributed by atoms with van der Waals surface area (Å²) in [6, 6.07) is 22.5. The van der Waals surface area contributed by atoms with Crippen molar-refractivity contribution in [3.8, 4) is 11.5 Å². The van der Waals surface area contributed by atoms with Crippen molar-refractivity contribution in [1.29, 1.82) is 0 Å². The molecule has 0 saturated carbocycles. The Morgan fingerprint density at radius 2 is 1.80 bits per heavy atom. The van der Waals surface area contributed by atoms with E-state index in [1.54, 1.807) is 36.3 Å². The number of aromatic amines is 1. The number of aromatic nitrogens is 1. The standard InChI is InChI=1S/C36H39N5O5/c1-40(2)30(22-26-20-24-11-7-8-12-28(24)38-26)36(44)41-18-16-32-33(41)35(43)39-29(19-23-9-5-4-6-10-23)34(42)37-17-15-25-21-27(46-32)13-14-31(25)45-3/h4-15,17,20-21,29-30,32-33,38H,16,18-19,22H2,1-3H3,(H,37,42)(H,39,43). The molecule has 0 aliphatic carbocycles. The molecule has 1 aromatic heterocycles. The number of likely N-dealkylation sites (N-methyl/N-ethyl adjacent to an activating group) is 1. The molecule has 0 radical (unpaired) electrons. The van der Waals surface area contributed by atoms with Crippen molar-refractivity contribution in [3.05, 3.63) is 102 Å². The molecular formula is C36H39N5O5. The van der Waals surface area contributed by atoms with Gasteiger partial charge in [-0.25, -0.2) is 0 Å². The number of nitrogens with zero attached hydrogens (tertiary/aromatic N) is 2. The van der Waals surface area contributed by atoms with Gasteiger partial charge in [0.1, 0.15) is 29.7 Å². The molecule has 46 heavy (non-hydrogen) atoms. The number of hydrogen-bond acceptors (Lipinski definition) is 6. The second-order valence-electron chi connectivity index (χ2n) is 12.0. The first kappa shape index (κ1) is 30.9. The Kier molecular flexibility index (Phi) is 9.07. The van der Waals surface area contributed by atoms with Gasteiger partial charge < -0.3 is 30.0 Å². The van der Waals surface area contributed by atoms with Crippen LogP contribution in [0.1, 0.15) is 23.2 Å². The largest absolute Gasteiger partial charge is 0.496 e. The zero-order chi connectivity index (χ0) is 32.2. The van der Waals surface area contributed by atoms with Crippen LogP contribution in [0, 0.1) is 0 Å². The van der Waals surface area contributed by atoms with Gasteiger partial charge in [0.2, 0.25) is 17.7 Å². The average molecular weight is 622 g/mol. The molecule has 4 aromatic rings. The molecule has 3 heterocycles. The predicted octanol–water partition coefficient (Wildman–Crippen LogP) is 3.53. The van der Waals surface area contributed by atoms with E-state index < -0.39 is 30.1 Å². The summed E-state index contributed by atoms with van der Waals surface area (Å²) >= 11 is 0. The molecule has 238 valence electrons. The first-order valence-electron chi connectivity index (χ1n) is 15.5. The van der Waals surface area contributed by atoms with Crippen LogP contribution in [-0.2, 0) is 27.2 Å². The fourth-order valence-corrected chi connectivity index (χ4v) is 6.30. The molecule has 4 unspecified atom stereocenters. The van der Waals surface area contributed by atoms with Crippen LogP contribution in [0.25, 0.3) is 17.0 Å². The molecule has 1 fully saturated rings. The van der Waals surface area contributed by atoms with Crippen molar-refractivity contribution in [3.63, 3.8) is 0 Å². The Morgan fingerprint density at radius 3 is 2.57 bits per heavy atom. The van der Waals surface area contributed by atoms with Gasteiger partial charge in [0.15, 0.2) is 0 Å². The topological polar surface area (TPSA) is 116 Å². The Labute approximate surface area is 268 Å². The van der Waals surface area contributed by atoms with E-state index in [2.05, 4.69) is 21.7 Å². The van der Waals surface area contributed by atoms with Gasteiger partial charge in [0.25, 0.3) is 0 Å². The third-order valence-corrected chi connectivity index (χ3v) is 8.69. The van der Waals surface area contributed by atoms with Crippen LogP contribution >= 0.6 is 0 Å². The Hall–Kier alpha value is -5.09. The second kappa shape index (κ2) is 13.5. The minimum Gasteiger partial charge on any atom is -0.496 e. The van der Waals surface area contributed by atoms with Gasteiger partial charge in [-0.3, -0.25) is 19.3 Å². The lowest BCUT2D eigenvalue weighted by Gasteiger charge is -2.33. The number of rotatable bonds is 7. The van der Waals surface area contributed by atoms with Gasteiger partial charge in [-0.05, 0) is 61.5 Å². The van der Waals surface area contributed by atoms with Crippen molar-refractivity contribution >= 4 is 34.7 Å². The van der Waals surface area contributed by atoms with Crippen molar-refractivity contribution < 1.29 is 23.9 Å². The number of benzene rings is 3. The average Bonchev–Trinajstić information content (AvgIpc) is 3.67. The zero-order valence-corrected chi connectivity index (χ0v) is 26.2. The summed E-state index contributed by atoms with van der Waals surface area (Å²) < 4.78 is 12.0. The monoisotopic (exact) mass is 621 g/mol. The van der Waals surface area contributed by atoms with E-state index in [-0.39, 0.29) is 18.2 Å². The minimum absolute atomic E-state index is 0.180. The smallest absolute Gasteiger partial charge is 0.247 e. The molecule has 3 N–H and O–H groups in total. The normalized spacial score (nSPS) is 20.5. The van der Waals surface area contributed by atoms with E-state index in [4.69, 9.17) is 9.47 Å². The number of H-pyrrole nitrogens is 1. The number of hydrogen-bond donors (Lipinski definition) is 3. The maximum Gasteiger partial charge on any atom is 0.247 e. The molecule has 2 bridgehead atoms. The maximum atomic E-state index is 14.4. The molecular weight excluding hydrogens is 582 g/mol. The van der Waals surface area contributed by atoms with Crippen molar-refractivity contribution in [2.45, 2.75) is 43.5 Å². The van der Waals surface area contributed by atoms with E-state index in [0.717, 1.165) is 22.2 Å². The number of nitrogens with one attached hydrogen (secondary N) is 3. The minimum atomic E-state index is -0.956. The highest BCUT2D eigenvalue weighted by atomic mass is 16.5. The van der Waals surface area contributed by atoms with Crippen LogP contribution in [0.2, 0.25) is 0 Å². The van der Waals surface area contributed by atoms with Crippen LogP contribution in [-0.4, -0.2) is 84.5 Å². The SMILES string of the molecule is COc1ccc2cc1C=CNC(=O)C(Cc1ccccc1)NC(=O)C1C(CCN1C(=O)C(Cc1cc3ccccc3[nH]1)N(C)C)O2. The summed E-state index contributed by atoms with van der Waals surface area (Å²) in [6.07, 6.45) is 3.79. The lowest BCUT2D eigenvalue weighted by atomic mass is 10.0. The number of para-hydroxylation sites is 1. The molecule has 3 aromatic carbocycles. The number of ether oxygens (including phenoxy) is 2. The molecule has 4 atom stereocenters. The highest BCUT2D eigenvalue weighted by Gasteiger charge is 2.46. The van der Waals surface area contributed by atoms with Crippen molar-refractivity contribution in [1.82, 2.24) is 25.4 Å². The lowest BCUT2D eigenvalue weighted by Crippen LogP contribution is -2.59. The Morgan fingerprint density at radius 1 is 1.02 bits per heavy atom. The fourth-order valence-electron chi connectivity index (χ4n) is 6.30. The molecule has 10 nitrogen and oxygen atoms in total. The van der Waals surface area contributed by atoms with Gasteiger partial charge in [-0.15, -0.1) is 0 Å². The summed E-state index contributed by atoms with van der Waals surface area (Å²) in [7, 11) is 5.31. The van der Waals surface area contributed by atoms with Crippen molar-refractivity contribution in [2.75, 3.05) is 27.7 Å². The first-order chi connectivity index (χ1) is 22.3. The van der Waals surface area contributed by atoms with Crippen LogP contribution in [0.3, 0.4) is 0 Å². The zero-order valence-electron chi connectivity index (χ0n) is 26.2. The van der Waals surface area contributed by atoms with E-state index >= 15 is 0 Å². The van der Waals surface area contributed by atoms with Gasteiger partial charge in [-0.2, -0.15) is 0 Å². The van der Waals surface area contributed by atoms with Gasteiger partial charge in [0, 0.05) is 48.8 Å². The predicted molar refractivity (Wildman–Crippen MR) is 176 cm³/mol. The molecule has 0 spiro atoms. The fraction of sp³-hybridized carbons (Fsp3) is 0.306. The van der Waals surface area contributed by atoms with Crippen molar-refractivity contribution in [2.24, 2.45) is 0 Å². The summed E-state index contributed by atoms with van der Waals surface area (Å²) in [6.45, 7) is 0.330. The number of fused-ring (bicyclic) bond motifs is 4. The highest BCUT2D eigenvalue weighted by molar-refractivity contribution is 5.94. The molecule has 6 rings (SSSR count). The summed E-state index contributed by atoms with van der Waals surface area (Å²) in [5.74, 6) is 0.146. The Bertz CT molecular complexity index is 1720. The van der Waals surface area contributed by atoms with Crippen LogP contribution in [0.5, 0.6) is 11.5 Å². The second-order valence-corrected chi connectivity index (χ2v) is 12.0. The first-order valence-corrected chi connectivity index (χ1v) is 15.5. The van der Waals surface area contributed by atoms with E-state index in [1.165, 1.54) is 6.20 Å². The van der Waals surface area contributed by atoms with E-state index in [1.807, 2.05) is 73.6 Å². The Balaban J connectivity index is 1.33. The number of likely N-dealkylation sites (tertiary alicyclic amines) is 1.